The van der Waals surface area contributed by atoms with E-state index in [1.54, 1.807) is 0 Å². The van der Waals surface area contributed by atoms with Gasteiger partial charge in [-0.25, -0.2) is 0 Å². The Hall–Kier alpha value is -1.56. The van der Waals surface area contributed by atoms with Gasteiger partial charge in [-0.1, -0.05) is 22.0 Å². The molecule has 0 aliphatic carbocycles. The van der Waals surface area contributed by atoms with Crippen molar-refractivity contribution in [2.45, 2.75) is 12.8 Å². The van der Waals surface area contributed by atoms with Crippen LogP contribution in [0.25, 0.3) is 0 Å². The molecule has 0 saturated heterocycles. The van der Waals surface area contributed by atoms with Crippen LogP contribution in [-0.2, 0) is 14.3 Å². The van der Waals surface area contributed by atoms with Crippen molar-refractivity contribution < 1.29 is 19.1 Å². The largest absolute Gasteiger partial charge is 0.493 e. The molecule has 5 nitrogen and oxygen atoms in total. The predicted octanol–water partition coefficient (Wildman–Crippen LogP) is 1.90. The lowest BCUT2D eigenvalue weighted by Crippen LogP contribution is -2.27. The summed E-state index contributed by atoms with van der Waals surface area (Å²) in [6.45, 7) is 0.572. The van der Waals surface area contributed by atoms with Gasteiger partial charge in [-0.2, -0.15) is 0 Å². The number of nitrogens with one attached hydrogen (secondary N) is 1. The number of amides is 1. The number of rotatable bonds is 7. The Balaban J connectivity index is 2.15. The molecule has 0 aliphatic heterocycles. The molecule has 1 aromatic rings. The lowest BCUT2D eigenvalue weighted by molar-refractivity contribution is -0.140. The molecule has 0 radical (unpaired) electrons. The molecule has 0 spiro atoms. The minimum Gasteiger partial charge on any atom is -0.493 e. The van der Waals surface area contributed by atoms with E-state index in [4.69, 9.17) is 4.74 Å². The zero-order chi connectivity index (χ0) is 14.1. The summed E-state index contributed by atoms with van der Waals surface area (Å²) in [7, 11) is 1.32. The van der Waals surface area contributed by atoms with E-state index in [1.165, 1.54) is 7.11 Å². The van der Waals surface area contributed by atoms with Crippen LogP contribution in [0, 0.1) is 0 Å². The number of carbonyl (C=O) groups excluding carboxylic acids is 2. The summed E-state index contributed by atoms with van der Waals surface area (Å²) in [4.78, 5) is 22.2. The number of benzene rings is 1. The van der Waals surface area contributed by atoms with E-state index in [0.29, 0.717) is 12.4 Å². The highest BCUT2D eigenvalue weighted by Gasteiger charge is 2.04. The van der Waals surface area contributed by atoms with Gasteiger partial charge in [-0.3, -0.25) is 9.59 Å². The highest BCUT2D eigenvalue weighted by atomic mass is 79.9. The summed E-state index contributed by atoms with van der Waals surface area (Å²) in [6, 6.07) is 7.40. The minimum atomic E-state index is -0.342. The van der Waals surface area contributed by atoms with E-state index in [0.717, 1.165) is 4.47 Å². The van der Waals surface area contributed by atoms with Crippen molar-refractivity contribution in [3.05, 3.63) is 28.7 Å². The van der Waals surface area contributed by atoms with Crippen molar-refractivity contribution in [2.24, 2.45) is 0 Å². The molecule has 0 aromatic heterocycles. The second kappa shape index (κ2) is 8.53. The Labute approximate surface area is 120 Å². The standard InChI is InChI=1S/C13H16BrNO4/c1-18-13(17)5-7-15-12(16)6-8-19-11-4-2-3-10(14)9-11/h2-4,9H,5-8H2,1H3,(H,15,16). The summed E-state index contributed by atoms with van der Waals surface area (Å²) in [5.74, 6) is 0.210. The number of ether oxygens (including phenoxy) is 2. The van der Waals surface area contributed by atoms with E-state index in [2.05, 4.69) is 26.0 Å². The summed E-state index contributed by atoms with van der Waals surface area (Å²) in [5, 5.41) is 2.62. The van der Waals surface area contributed by atoms with Gasteiger partial charge in [0.25, 0.3) is 0 Å². The molecule has 6 heteroatoms. The lowest BCUT2D eigenvalue weighted by atomic mass is 10.3. The number of hydrogen-bond donors (Lipinski definition) is 1. The minimum absolute atomic E-state index is 0.154. The molecule has 1 N–H and O–H groups in total. The number of esters is 1. The van der Waals surface area contributed by atoms with Crippen LogP contribution in [0.4, 0.5) is 0 Å². The molecule has 0 fully saturated rings. The monoisotopic (exact) mass is 329 g/mol. The van der Waals surface area contributed by atoms with Crippen LogP contribution in [-0.4, -0.2) is 32.1 Å². The van der Waals surface area contributed by atoms with E-state index < -0.39 is 0 Å². The third kappa shape index (κ3) is 6.81. The first-order valence-corrected chi connectivity index (χ1v) is 6.63. The maximum atomic E-state index is 11.4. The topological polar surface area (TPSA) is 64.6 Å². The first-order valence-electron chi connectivity index (χ1n) is 5.83. The molecule has 0 bridgehead atoms. The molecule has 1 aromatic carbocycles. The van der Waals surface area contributed by atoms with Crippen molar-refractivity contribution in [2.75, 3.05) is 20.3 Å². The SMILES string of the molecule is COC(=O)CCNC(=O)CCOc1cccc(Br)c1. The molecule has 0 unspecified atom stereocenters. The van der Waals surface area contributed by atoms with Gasteiger partial charge in [0.2, 0.25) is 5.91 Å². The molecule has 1 amide bonds. The molecular formula is C13H16BrNO4. The fraction of sp³-hybridized carbons (Fsp3) is 0.385. The van der Waals surface area contributed by atoms with Crippen molar-refractivity contribution in [1.29, 1.82) is 0 Å². The smallest absolute Gasteiger partial charge is 0.307 e. The van der Waals surface area contributed by atoms with Crippen molar-refractivity contribution in [3.8, 4) is 5.75 Å². The molecule has 0 saturated carbocycles. The summed E-state index contributed by atoms with van der Waals surface area (Å²) >= 11 is 3.33. The van der Waals surface area contributed by atoms with Gasteiger partial charge >= 0.3 is 5.97 Å². The molecular weight excluding hydrogens is 314 g/mol. The molecule has 1 rings (SSSR count). The van der Waals surface area contributed by atoms with Crippen LogP contribution >= 0.6 is 15.9 Å². The number of halogens is 1. The summed E-state index contributed by atoms with van der Waals surface area (Å²) in [5.41, 5.74) is 0. The lowest BCUT2D eigenvalue weighted by Gasteiger charge is -2.07. The van der Waals surface area contributed by atoms with Crippen LogP contribution in [0.1, 0.15) is 12.8 Å². The van der Waals surface area contributed by atoms with Crippen molar-refractivity contribution in [3.63, 3.8) is 0 Å². The van der Waals surface area contributed by atoms with E-state index >= 15 is 0 Å². The molecule has 104 valence electrons. The number of methoxy groups -OCH3 is 1. The zero-order valence-corrected chi connectivity index (χ0v) is 12.2. The molecule has 19 heavy (non-hydrogen) atoms. The van der Waals surface area contributed by atoms with Crippen molar-refractivity contribution >= 4 is 27.8 Å². The van der Waals surface area contributed by atoms with Gasteiger partial charge < -0.3 is 14.8 Å². The third-order valence-electron chi connectivity index (χ3n) is 2.27. The van der Waals surface area contributed by atoms with E-state index in [9.17, 15) is 9.59 Å². The Morgan fingerprint density at radius 3 is 2.79 bits per heavy atom. The number of hydrogen-bond acceptors (Lipinski definition) is 4. The van der Waals surface area contributed by atoms with Gasteiger partial charge in [-0.05, 0) is 18.2 Å². The Bertz CT molecular complexity index is 436. The van der Waals surface area contributed by atoms with Gasteiger partial charge in [-0.15, -0.1) is 0 Å². The van der Waals surface area contributed by atoms with Gasteiger partial charge in [0.05, 0.1) is 26.6 Å². The highest BCUT2D eigenvalue weighted by Crippen LogP contribution is 2.17. The van der Waals surface area contributed by atoms with Crippen molar-refractivity contribution in [1.82, 2.24) is 5.32 Å². The third-order valence-corrected chi connectivity index (χ3v) is 2.77. The quantitative estimate of drug-likeness (QED) is 0.776. The van der Waals surface area contributed by atoms with Gasteiger partial charge in [0.1, 0.15) is 5.75 Å². The summed E-state index contributed by atoms with van der Waals surface area (Å²) < 4.78 is 10.8. The van der Waals surface area contributed by atoms with Crippen LogP contribution in [0.5, 0.6) is 5.75 Å². The first kappa shape index (κ1) is 15.5. The molecule has 0 heterocycles. The van der Waals surface area contributed by atoms with Gasteiger partial charge in [0.15, 0.2) is 0 Å². The summed E-state index contributed by atoms with van der Waals surface area (Å²) in [6.07, 6.45) is 0.419. The fourth-order valence-corrected chi connectivity index (χ4v) is 1.69. The highest BCUT2D eigenvalue weighted by molar-refractivity contribution is 9.10. The average Bonchev–Trinajstić information content (AvgIpc) is 2.38. The molecule has 0 aliphatic rings. The average molecular weight is 330 g/mol. The Kier molecular flexibility index (Phi) is 6.95. The predicted molar refractivity (Wildman–Crippen MR) is 73.9 cm³/mol. The Morgan fingerprint density at radius 1 is 1.32 bits per heavy atom. The zero-order valence-electron chi connectivity index (χ0n) is 10.6. The molecule has 0 atom stereocenters. The van der Waals surface area contributed by atoms with Crippen LogP contribution in [0.15, 0.2) is 28.7 Å². The number of carbonyl (C=O) groups is 2. The van der Waals surface area contributed by atoms with E-state index in [-0.39, 0.29) is 31.3 Å². The van der Waals surface area contributed by atoms with E-state index in [1.807, 2.05) is 24.3 Å². The normalized spacial score (nSPS) is 9.79. The maximum absolute atomic E-state index is 11.4. The van der Waals surface area contributed by atoms with Crippen LogP contribution in [0.3, 0.4) is 0 Å². The first-order chi connectivity index (χ1) is 9.11. The van der Waals surface area contributed by atoms with Gasteiger partial charge in [0, 0.05) is 11.0 Å². The van der Waals surface area contributed by atoms with Crippen LogP contribution < -0.4 is 10.1 Å². The van der Waals surface area contributed by atoms with Crippen LogP contribution in [0.2, 0.25) is 0 Å². The maximum Gasteiger partial charge on any atom is 0.307 e. The fourth-order valence-electron chi connectivity index (χ4n) is 1.31. The Morgan fingerprint density at radius 2 is 2.11 bits per heavy atom. The second-order valence-electron chi connectivity index (χ2n) is 3.73. The second-order valence-corrected chi connectivity index (χ2v) is 4.65.